The molecule has 0 aliphatic carbocycles. The van der Waals surface area contributed by atoms with Gasteiger partial charge in [0.25, 0.3) is 0 Å². The molecule has 1 aromatic heterocycles. The number of piperidine rings is 1. The van der Waals surface area contributed by atoms with Crippen LogP contribution in [0.25, 0.3) is 0 Å². The second-order valence-electron chi connectivity index (χ2n) is 4.93. The minimum atomic E-state index is 0.684. The molecule has 1 fully saturated rings. The lowest BCUT2D eigenvalue weighted by molar-refractivity contribution is 0.206. The first kappa shape index (κ1) is 12.5. The lowest BCUT2D eigenvalue weighted by Gasteiger charge is -2.28. The number of nitrogens with one attached hydrogen (secondary N) is 1. The highest BCUT2D eigenvalue weighted by molar-refractivity contribution is 4.90. The molecule has 1 saturated heterocycles. The molecule has 0 saturated carbocycles. The summed E-state index contributed by atoms with van der Waals surface area (Å²) in [6.07, 6.45) is 4.33. The summed E-state index contributed by atoms with van der Waals surface area (Å²) >= 11 is 0. The summed E-state index contributed by atoms with van der Waals surface area (Å²) in [6, 6.07) is 0. The molecular formula is C12H22N4O. The van der Waals surface area contributed by atoms with E-state index in [9.17, 15) is 0 Å². The molecule has 1 aliphatic rings. The number of rotatable bonds is 5. The van der Waals surface area contributed by atoms with Crippen molar-refractivity contribution >= 4 is 0 Å². The number of likely N-dealkylation sites (tertiary alicyclic amines) is 1. The average molecular weight is 238 g/mol. The fourth-order valence-electron chi connectivity index (χ4n) is 2.40. The van der Waals surface area contributed by atoms with Crippen LogP contribution in [0.5, 0.6) is 0 Å². The van der Waals surface area contributed by atoms with E-state index in [4.69, 9.17) is 4.52 Å². The van der Waals surface area contributed by atoms with Crippen molar-refractivity contribution in [3.8, 4) is 0 Å². The van der Waals surface area contributed by atoms with Crippen molar-refractivity contribution in [2.45, 2.75) is 25.7 Å². The molecule has 0 amide bonds. The quantitative estimate of drug-likeness (QED) is 0.819. The van der Waals surface area contributed by atoms with Gasteiger partial charge in [0.1, 0.15) is 0 Å². The number of likely N-dealkylation sites (N-methyl/N-ethyl adjacent to an activating group) is 1. The van der Waals surface area contributed by atoms with Gasteiger partial charge in [-0.25, -0.2) is 0 Å². The zero-order chi connectivity index (χ0) is 12.1. The molecule has 1 atom stereocenters. The first-order valence-electron chi connectivity index (χ1n) is 6.42. The molecule has 0 aromatic carbocycles. The Labute approximate surface area is 103 Å². The average Bonchev–Trinajstić information content (AvgIpc) is 2.74. The fraction of sp³-hybridized carbons (Fsp3) is 0.833. The van der Waals surface area contributed by atoms with E-state index in [1.807, 2.05) is 7.05 Å². The SMILES string of the molecule is CNCCc1nc(CC2CCCN(C)C2)no1. The lowest BCUT2D eigenvalue weighted by atomic mass is 9.95. The van der Waals surface area contributed by atoms with Crippen LogP contribution < -0.4 is 5.32 Å². The van der Waals surface area contributed by atoms with Gasteiger partial charge >= 0.3 is 0 Å². The first-order valence-corrected chi connectivity index (χ1v) is 6.42. The third-order valence-corrected chi connectivity index (χ3v) is 3.29. The van der Waals surface area contributed by atoms with Crippen LogP contribution in [-0.4, -0.2) is 48.8 Å². The maximum Gasteiger partial charge on any atom is 0.227 e. The molecule has 0 spiro atoms. The van der Waals surface area contributed by atoms with Crippen LogP contribution in [0, 0.1) is 5.92 Å². The number of hydrogen-bond acceptors (Lipinski definition) is 5. The molecule has 1 unspecified atom stereocenters. The Morgan fingerprint density at radius 2 is 2.41 bits per heavy atom. The molecule has 5 heteroatoms. The van der Waals surface area contributed by atoms with E-state index in [2.05, 4.69) is 27.4 Å². The molecule has 96 valence electrons. The topological polar surface area (TPSA) is 54.2 Å². The van der Waals surface area contributed by atoms with Gasteiger partial charge in [-0.05, 0) is 39.4 Å². The van der Waals surface area contributed by atoms with E-state index in [1.54, 1.807) is 0 Å². The van der Waals surface area contributed by atoms with E-state index in [1.165, 1.54) is 19.4 Å². The predicted molar refractivity (Wildman–Crippen MR) is 65.9 cm³/mol. The van der Waals surface area contributed by atoms with E-state index >= 15 is 0 Å². The Balaban J connectivity index is 1.83. The van der Waals surface area contributed by atoms with Crippen molar-refractivity contribution < 1.29 is 4.52 Å². The van der Waals surface area contributed by atoms with Crippen molar-refractivity contribution in [2.24, 2.45) is 5.92 Å². The van der Waals surface area contributed by atoms with Crippen LogP contribution in [0.15, 0.2) is 4.52 Å². The summed E-state index contributed by atoms with van der Waals surface area (Å²) in [5, 5.41) is 7.13. The highest BCUT2D eigenvalue weighted by Crippen LogP contribution is 2.18. The number of nitrogens with zero attached hydrogens (tertiary/aromatic N) is 3. The van der Waals surface area contributed by atoms with Crippen LogP contribution in [-0.2, 0) is 12.8 Å². The fourth-order valence-corrected chi connectivity index (χ4v) is 2.40. The van der Waals surface area contributed by atoms with Crippen molar-refractivity contribution in [3.63, 3.8) is 0 Å². The molecule has 1 N–H and O–H groups in total. The Kier molecular flexibility index (Phi) is 4.50. The summed E-state index contributed by atoms with van der Waals surface area (Å²) in [5.41, 5.74) is 0. The van der Waals surface area contributed by atoms with E-state index in [0.717, 1.165) is 37.6 Å². The monoisotopic (exact) mass is 238 g/mol. The maximum absolute atomic E-state index is 5.22. The molecule has 0 bridgehead atoms. The molecule has 2 heterocycles. The molecule has 2 rings (SSSR count). The third kappa shape index (κ3) is 3.78. The smallest absolute Gasteiger partial charge is 0.227 e. The first-order chi connectivity index (χ1) is 8.28. The summed E-state index contributed by atoms with van der Waals surface area (Å²) in [7, 11) is 4.11. The molecule has 1 aromatic rings. The van der Waals surface area contributed by atoms with Crippen molar-refractivity contribution in [3.05, 3.63) is 11.7 Å². The summed E-state index contributed by atoms with van der Waals surface area (Å²) in [6.45, 7) is 3.25. The van der Waals surface area contributed by atoms with E-state index in [0.29, 0.717) is 5.92 Å². The molecule has 5 nitrogen and oxygen atoms in total. The standard InChI is InChI=1S/C12H22N4O/c1-13-6-5-12-14-11(15-17-12)8-10-4-3-7-16(2)9-10/h10,13H,3-9H2,1-2H3. The zero-order valence-electron chi connectivity index (χ0n) is 10.8. The van der Waals surface area contributed by atoms with Gasteiger partial charge in [-0.2, -0.15) is 4.98 Å². The molecule has 0 radical (unpaired) electrons. The van der Waals surface area contributed by atoms with Gasteiger partial charge in [-0.1, -0.05) is 5.16 Å². The van der Waals surface area contributed by atoms with Gasteiger partial charge in [0.15, 0.2) is 5.82 Å². The van der Waals surface area contributed by atoms with Gasteiger partial charge in [-0.15, -0.1) is 0 Å². The number of hydrogen-bond donors (Lipinski definition) is 1. The maximum atomic E-state index is 5.22. The minimum absolute atomic E-state index is 0.684. The van der Waals surface area contributed by atoms with Crippen molar-refractivity contribution in [1.29, 1.82) is 0 Å². The van der Waals surface area contributed by atoms with Gasteiger partial charge in [0.05, 0.1) is 0 Å². The van der Waals surface area contributed by atoms with E-state index < -0.39 is 0 Å². The second kappa shape index (κ2) is 6.12. The Morgan fingerprint density at radius 3 is 3.18 bits per heavy atom. The van der Waals surface area contributed by atoms with Gasteiger partial charge < -0.3 is 14.7 Å². The van der Waals surface area contributed by atoms with Gasteiger partial charge in [-0.3, -0.25) is 0 Å². The van der Waals surface area contributed by atoms with Crippen molar-refractivity contribution in [2.75, 3.05) is 33.7 Å². The Bertz CT molecular complexity index is 339. The van der Waals surface area contributed by atoms with Crippen LogP contribution in [0.1, 0.15) is 24.6 Å². The van der Waals surface area contributed by atoms with Crippen LogP contribution in [0.3, 0.4) is 0 Å². The predicted octanol–water partition coefficient (Wildman–Crippen LogP) is 0.716. The summed E-state index contributed by atoms with van der Waals surface area (Å²) < 4.78 is 5.22. The third-order valence-electron chi connectivity index (χ3n) is 3.29. The largest absolute Gasteiger partial charge is 0.339 e. The molecule has 1 aliphatic heterocycles. The van der Waals surface area contributed by atoms with Crippen LogP contribution >= 0.6 is 0 Å². The summed E-state index contributed by atoms with van der Waals surface area (Å²) in [4.78, 5) is 6.82. The highest BCUT2D eigenvalue weighted by atomic mass is 16.5. The number of aromatic nitrogens is 2. The molecule has 17 heavy (non-hydrogen) atoms. The second-order valence-corrected chi connectivity index (χ2v) is 4.93. The van der Waals surface area contributed by atoms with Crippen LogP contribution in [0.4, 0.5) is 0 Å². The minimum Gasteiger partial charge on any atom is -0.339 e. The highest BCUT2D eigenvalue weighted by Gasteiger charge is 2.19. The van der Waals surface area contributed by atoms with E-state index in [-0.39, 0.29) is 0 Å². The van der Waals surface area contributed by atoms with Gasteiger partial charge in [0.2, 0.25) is 5.89 Å². The Hall–Kier alpha value is -0.940. The lowest BCUT2D eigenvalue weighted by Crippen LogP contribution is -2.33. The Morgan fingerprint density at radius 1 is 1.53 bits per heavy atom. The normalized spacial score (nSPS) is 21.9. The van der Waals surface area contributed by atoms with Gasteiger partial charge in [0, 0.05) is 25.9 Å². The summed E-state index contributed by atoms with van der Waals surface area (Å²) in [5.74, 6) is 2.30. The van der Waals surface area contributed by atoms with Crippen molar-refractivity contribution in [1.82, 2.24) is 20.4 Å². The zero-order valence-corrected chi connectivity index (χ0v) is 10.8. The van der Waals surface area contributed by atoms with Crippen LogP contribution in [0.2, 0.25) is 0 Å². The molecular weight excluding hydrogens is 216 g/mol.